The molecule has 0 amide bonds. The van der Waals surface area contributed by atoms with Crippen LogP contribution in [0.4, 0.5) is 5.95 Å². The van der Waals surface area contributed by atoms with Gasteiger partial charge in [-0.15, -0.1) is 0 Å². The number of rotatable bonds is 0. The molecule has 0 fully saturated rings. The van der Waals surface area contributed by atoms with Crippen molar-refractivity contribution in [2.75, 3.05) is 5.73 Å². The maximum absolute atomic E-state index is 11.0. The number of carbonyl (C=O) groups excluding carboxylic acids is 1. The smallest absolute Gasteiger partial charge is 0.220 e. The lowest BCUT2D eigenvalue weighted by Gasteiger charge is -2.12. The molecule has 1 aromatic rings. The first-order valence-electron chi connectivity index (χ1n) is 3.87. The molecule has 0 atom stereocenters. The van der Waals surface area contributed by atoms with Crippen LogP contribution in [0.25, 0.3) is 0 Å². The highest BCUT2D eigenvalue weighted by atomic mass is 16.1. The average Bonchev–Trinajstić information content (AvgIpc) is 2.05. The molecule has 4 nitrogen and oxygen atoms in total. The second-order valence-corrected chi connectivity index (χ2v) is 2.92. The van der Waals surface area contributed by atoms with E-state index < -0.39 is 0 Å². The Hall–Kier alpha value is -1.45. The second kappa shape index (κ2) is 2.55. The van der Waals surface area contributed by atoms with Gasteiger partial charge in [0.2, 0.25) is 5.95 Å². The van der Waals surface area contributed by atoms with Crippen LogP contribution in [0.5, 0.6) is 0 Å². The third-order valence-electron chi connectivity index (χ3n) is 2.00. The molecular weight excluding hydrogens is 154 g/mol. The predicted octanol–water partition coefficient (Wildman–Crippen LogP) is 0.117. The number of hydrogen-bond donors (Lipinski definition) is 1. The molecule has 0 aromatic carbocycles. The summed E-state index contributed by atoms with van der Waals surface area (Å²) in [5.41, 5.74) is 7.27. The van der Waals surface area contributed by atoms with Crippen LogP contribution in [0.2, 0.25) is 0 Å². The molecule has 0 saturated heterocycles. The molecule has 0 radical (unpaired) electrons. The molecule has 1 aliphatic carbocycles. The van der Waals surface area contributed by atoms with Crippen molar-refractivity contribution in [2.45, 2.75) is 19.3 Å². The molecule has 0 bridgehead atoms. The van der Waals surface area contributed by atoms with Crippen LogP contribution in [0.3, 0.4) is 0 Å². The Balaban J connectivity index is 2.43. The Morgan fingerprint density at radius 3 is 3.08 bits per heavy atom. The van der Waals surface area contributed by atoms with Crippen molar-refractivity contribution in [3.63, 3.8) is 0 Å². The van der Waals surface area contributed by atoms with Gasteiger partial charge >= 0.3 is 0 Å². The number of nitrogens with two attached hydrogens (primary N) is 1. The normalized spacial score (nSPS) is 15.8. The summed E-state index contributed by atoms with van der Waals surface area (Å²) in [6.45, 7) is 0. The van der Waals surface area contributed by atoms with Gasteiger partial charge in [-0.2, -0.15) is 0 Å². The van der Waals surface area contributed by atoms with Gasteiger partial charge in [-0.1, -0.05) is 0 Å². The van der Waals surface area contributed by atoms with Gasteiger partial charge in [0.25, 0.3) is 0 Å². The fourth-order valence-electron chi connectivity index (χ4n) is 1.38. The molecule has 62 valence electrons. The summed E-state index contributed by atoms with van der Waals surface area (Å²) in [5, 5.41) is 0. The van der Waals surface area contributed by atoms with E-state index in [2.05, 4.69) is 9.97 Å². The zero-order valence-corrected chi connectivity index (χ0v) is 6.58. The number of aromatic nitrogens is 2. The maximum atomic E-state index is 11.0. The summed E-state index contributed by atoms with van der Waals surface area (Å²) in [6.07, 6.45) is 3.41. The van der Waals surface area contributed by atoms with E-state index in [-0.39, 0.29) is 5.78 Å². The summed E-state index contributed by atoms with van der Waals surface area (Å²) >= 11 is 0. The number of nitrogen functional groups attached to an aromatic ring is 1. The highest BCUT2D eigenvalue weighted by Crippen LogP contribution is 2.16. The Morgan fingerprint density at radius 1 is 1.42 bits per heavy atom. The summed E-state index contributed by atoms with van der Waals surface area (Å²) in [7, 11) is 0. The first-order chi connectivity index (χ1) is 5.75. The van der Waals surface area contributed by atoms with Gasteiger partial charge in [-0.3, -0.25) is 4.79 Å². The Labute approximate surface area is 69.8 Å². The summed E-state index contributed by atoms with van der Waals surface area (Å²) in [4.78, 5) is 18.9. The topological polar surface area (TPSA) is 68.9 Å². The molecule has 2 rings (SSSR count). The number of aryl methyl sites for hydroxylation is 1. The summed E-state index contributed by atoms with van der Waals surface area (Å²) in [5.74, 6) is 0.555. The zero-order chi connectivity index (χ0) is 8.55. The van der Waals surface area contributed by atoms with Crippen LogP contribution in [-0.2, 0) is 17.6 Å². The number of anilines is 1. The number of nitrogens with zero attached hydrogens (tertiary/aromatic N) is 2. The standard InChI is InChI=1S/C8H9N3O/c9-8-10-4-5-3-6(12)1-2-7(5)11-8/h4H,1-3H2,(H2,9,10,11). The monoisotopic (exact) mass is 163 g/mol. The van der Waals surface area contributed by atoms with E-state index in [1.54, 1.807) is 6.20 Å². The fraction of sp³-hybridized carbons (Fsp3) is 0.375. The third kappa shape index (κ3) is 1.15. The number of Topliss-reactive ketones (excluding diaryl/α,β-unsaturated/α-hetero) is 1. The molecule has 1 aliphatic rings. The van der Waals surface area contributed by atoms with Crippen molar-refractivity contribution < 1.29 is 4.79 Å². The van der Waals surface area contributed by atoms with E-state index in [0.717, 1.165) is 11.3 Å². The van der Waals surface area contributed by atoms with Crippen LogP contribution in [0.1, 0.15) is 17.7 Å². The molecule has 1 aromatic heterocycles. The quantitative estimate of drug-likeness (QED) is 0.589. The van der Waals surface area contributed by atoms with E-state index in [1.807, 2.05) is 0 Å². The lowest BCUT2D eigenvalue weighted by Crippen LogP contribution is -2.16. The molecule has 0 saturated carbocycles. The molecule has 1 heterocycles. The van der Waals surface area contributed by atoms with Crippen molar-refractivity contribution in [3.05, 3.63) is 17.5 Å². The first kappa shape index (κ1) is 7.21. The van der Waals surface area contributed by atoms with E-state index in [1.165, 1.54) is 0 Å². The van der Waals surface area contributed by atoms with Crippen LogP contribution in [0.15, 0.2) is 6.20 Å². The third-order valence-corrected chi connectivity index (χ3v) is 2.00. The fourth-order valence-corrected chi connectivity index (χ4v) is 1.38. The molecule has 12 heavy (non-hydrogen) atoms. The molecule has 2 N–H and O–H groups in total. The largest absolute Gasteiger partial charge is 0.368 e. The molecule has 0 spiro atoms. The van der Waals surface area contributed by atoms with Crippen molar-refractivity contribution in [1.82, 2.24) is 9.97 Å². The Kier molecular flexibility index (Phi) is 1.53. The summed E-state index contributed by atoms with van der Waals surface area (Å²) in [6, 6.07) is 0. The molecular formula is C8H9N3O. The second-order valence-electron chi connectivity index (χ2n) is 2.92. The average molecular weight is 163 g/mol. The lowest BCUT2D eigenvalue weighted by atomic mass is 9.96. The number of ketones is 1. The lowest BCUT2D eigenvalue weighted by molar-refractivity contribution is -0.118. The van der Waals surface area contributed by atoms with Crippen LogP contribution < -0.4 is 5.73 Å². The highest BCUT2D eigenvalue weighted by molar-refractivity contribution is 5.82. The van der Waals surface area contributed by atoms with Crippen LogP contribution in [0, 0.1) is 0 Å². The van der Waals surface area contributed by atoms with Crippen molar-refractivity contribution >= 4 is 11.7 Å². The van der Waals surface area contributed by atoms with Gasteiger partial charge in [0.15, 0.2) is 0 Å². The number of carbonyl (C=O) groups is 1. The minimum absolute atomic E-state index is 0.260. The van der Waals surface area contributed by atoms with Gasteiger partial charge in [0.05, 0.1) is 5.69 Å². The minimum Gasteiger partial charge on any atom is -0.368 e. The minimum atomic E-state index is 0.260. The maximum Gasteiger partial charge on any atom is 0.220 e. The Bertz CT molecular complexity index is 335. The van der Waals surface area contributed by atoms with Crippen molar-refractivity contribution in [3.8, 4) is 0 Å². The van der Waals surface area contributed by atoms with Gasteiger partial charge in [-0.25, -0.2) is 9.97 Å². The van der Waals surface area contributed by atoms with E-state index in [4.69, 9.17) is 5.73 Å². The van der Waals surface area contributed by atoms with E-state index in [0.29, 0.717) is 25.2 Å². The molecule has 0 aliphatic heterocycles. The number of hydrogen-bond acceptors (Lipinski definition) is 4. The Morgan fingerprint density at radius 2 is 2.25 bits per heavy atom. The van der Waals surface area contributed by atoms with E-state index >= 15 is 0 Å². The first-order valence-corrected chi connectivity index (χ1v) is 3.87. The summed E-state index contributed by atoms with van der Waals surface area (Å²) < 4.78 is 0. The zero-order valence-electron chi connectivity index (χ0n) is 6.58. The number of fused-ring (bicyclic) bond motifs is 1. The SMILES string of the molecule is Nc1ncc2c(n1)CCC(=O)C2. The molecule has 4 heteroatoms. The van der Waals surface area contributed by atoms with Crippen LogP contribution in [-0.4, -0.2) is 15.8 Å². The molecule has 0 unspecified atom stereocenters. The van der Waals surface area contributed by atoms with Gasteiger partial charge in [0.1, 0.15) is 5.78 Å². The predicted molar refractivity (Wildman–Crippen MR) is 43.5 cm³/mol. The van der Waals surface area contributed by atoms with Gasteiger partial charge in [0, 0.05) is 19.0 Å². The van der Waals surface area contributed by atoms with E-state index in [9.17, 15) is 4.79 Å². The van der Waals surface area contributed by atoms with Crippen LogP contribution >= 0.6 is 0 Å². The van der Waals surface area contributed by atoms with Crippen molar-refractivity contribution in [1.29, 1.82) is 0 Å². The highest BCUT2D eigenvalue weighted by Gasteiger charge is 2.16. The van der Waals surface area contributed by atoms with Gasteiger partial charge < -0.3 is 5.73 Å². The van der Waals surface area contributed by atoms with Crippen molar-refractivity contribution in [2.24, 2.45) is 0 Å². The van der Waals surface area contributed by atoms with Gasteiger partial charge in [-0.05, 0) is 12.0 Å².